The highest BCUT2D eigenvalue weighted by molar-refractivity contribution is 6.14. The van der Waals surface area contributed by atoms with Gasteiger partial charge in [-0.15, -0.1) is 0 Å². The van der Waals surface area contributed by atoms with Gasteiger partial charge in [0.25, 0.3) is 0 Å². The van der Waals surface area contributed by atoms with Crippen molar-refractivity contribution in [2.75, 3.05) is 13.2 Å². The fourth-order valence-electron chi connectivity index (χ4n) is 2.55. The summed E-state index contributed by atoms with van der Waals surface area (Å²) in [6, 6.07) is 14.7. The summed E-state index contributed by atoms with van der Waals surface area (Å²) >= 11 is 0. The number of esters is 3. The van der Waals surface area contributed by atoms with Crippen LogP contribution in [-0.2, 0) is 23.8 Å². The molecule has 2 aromatic rings. The van der Waals surface area contributed by atoms with Crippen molar-refractivity contribution in [3.63, 3.8) is 0 Å². The third kappa shape index (κ3) is 6.50. The molecule has 2 aromatic carbocycles. The van der Waals surface area contributed by atoms with Crippen molar-refractivity contribution in [2.24, 2.45) is 0 Å². The van der Waals surface area contributed by atoms with Crippen LogP contribution in [0.5, 0.6) is 0 Å². The van der Waals surface area contributed by atoms with Crippen LogP contribution in [0.2, 0.25) is 0 Å². The molecule has 0 aliphatic heterocycles. The summed E-state index contributed by atoms with van der Waals surface area (Å²) < 4.78 is 15.5. The Balaban J connectivity index is 2.29. The maximum absolute atomic E-state index is 12.9. The zero-order valence-corrected chi connectivity index (χ0v) is 17.0. The highest BCUT2D eigenvalue weighted by Crippen LogP contribution is 2.20. The second-order valence-electron chi connectivity index (χ2n) is 6.70. The SMILES string of the molecule is C=CC(=O)OCC(C)(COC(=O)C=C)OC(=O)c1ccccc1C(=O)c1ccccc1. The number of benzene rings is 2. The lowest BCUT2D eigenvalue weighted by Crippen LogP contribution is -2.42. The fraction of sp³-hybridized carbons (Fsp3) is 0.167. The van der Waals surface area contributed by atoms with E-state index in [9.17, 15) is 19.2 Å². The first-order valence-corrected chi connectivity index (χ1v) is 9.30. The molecule has 0 N–H and O–H groups in total. The first-order valence-electron chi connectivity index (χ1n) is 9.30. The van der Waals surface area contributed by atoms with E-state index < -0.39 is 36.7 Å². The summed E-state index contributed by atoms with van der Waals surface area (Å²) in [4.78, 5) is 48.7. The normalized spacial score (nSPS) is 10.5. The summed E-state index contributed by atoms with van der Waals surface area (Å²) in [6.45, 7) is 7.23. The molecular weight excluding hydrogens is 400 g/mol. The molecule has 0 bridgehead atoms. The lowest BCUT2D eigenvalue weighted by molar-refractivity contribution is -0.155. The van der Waals surface area contributed by atoms with E-state index in [2.05, 4.69) is 13.2 Å². The first-order chi connectivity index (χ1) is 14.8. The van der Waals surface area contributed by atoms with E-state index in [-0.39, 0.29) is 16.9 Å². The van der Waals surface area contributed by atoms with Crippen LogP contribution in [0.15, 0.2) is 79.9 Å². The standard InChI is InChI=1S/C24H22O7/c1-4-20(25)29-15-24(3,16-30-21(26)5-2)31-23(28)19-14-10-9-13-18(19)22(27)17-11-7-6-8-12-17/h4-14H,1-2,15-16H2,3H3. The molecule has 0 aliphatic carbocycles. The van der Waals surface area contributed by atoms with Crippen LogP contribution in [0.1, 0.15) is 33.2 Å². The average molecular weight is 422 g/mol. The molecule has 0 heterocycles. The Bertz CT molecular complexity index is 968. The van der Waals surface area contributed by atoms with Gasteiger partial charge in [-0.25, -0.2) is 14.4 Å². The molecule has 31 heavy (non-hydrogen) atoms. The minimum Gasteiger partial charge on any atom is -0.458 e. The van der Waals surface area contributed by atoms with Gasteiger partial charge in [0, 0.05) is 23.3 Å². The molecule has 0 fully saturated rings. The Morgan fingerprint density at radius 1 is 0.806 bits per heavy atom. The number of ether oxygens (including phenoxy) is 3. The first kappa shape index (κ1) is 23.3. The number of ketones is 1. The molecule has 0 spiro atoms. The monoisotopic (exact) mass is 422 g/mol. The number of hydrogen-bond donors (Lipinski definition) is 0. The maximum atomic E-state index is 12.9. The number of carbonyl (C=O) groups is 4. The van der Waals surface area contributed by atoms with E-state index in [4.69, 9.17) is 14.2 Å². The van der Waals surface area contributed by atoms with Crippen LogP contribution >= 0.6 is 0 Å². The van der Waals surface area contributed by atoms with Crippen molar-refractivity contribution in [2.45, 2.75) is 12.5 Å². The van der Waals surface area contributed by atoms with Gasteiger partial charge in [0.2, 0.25) is 0 Å². The lowest BCUT2D eigenvalue weighted by Gasteiger charge is -2.28. The van der Waals surface area contributed by atoms with Gasteiger partial charge in [-0.2, -0.15) is 0 Å². The Hall–Kier alpha value is -4.00. The quantitative estimate of drug-likeness (QED) is 0.251. The Morgan fingerprint density at radius 2 is 1.29 bits per heavy atom. The van der Waals surface area contributed by atoms with Crippen molar-refractivity contribution in [3.8, 4) is 0 Å². The zero-order chi connectivity index (χ0) is 22.9. The topological polar surface area (TPSA) is 96.0 Å². The molecule has 0 aromatic heterocycles. The smallest absolute Gasteiger partial charge is 0.339 e. The predicted molar refractivity (Wildman–Crippen MR) is 112 cm³/mol. The van der Waals surface area contributed by atoms with Crippen LogP contribution in [0.3, 0.4) is 0 Å². The molecule has 0 aliphatic rings. The maximum Gasteiger partial charge on any atom is 0.339 e. The Morgan fingerprint density at radius 3 is 1.81 bits per heavy atom. The fourth-order valence-corrected chi connectivity index (χ4v) is 2.55. The van der Waals surface area contributed by atoms with Gasteiger partial charge in [-0.3, -0.25) is 4.79 Å². The molecule has 0 radical (unpaired) electrons. The predicted octanol–water partition coefficient (Wildman–Crippen LogP) is 3.29. The summed E-state index contributed by atoms with van der Waals surface area (Å²) in [5, 5.41) is 0. The van der Waals surface area contributed by atoms with Crippen LogP contribution in [0, 0.1) is 0 Å². The zero-order valence-electron chi connectivity index (χ0n) is 17.0. The molecule has 0 atom stereocenters. The molecule has 0 amide bonds. The van der Waals surface area contributed by atoms with E-state index in [1.165, 1.54) is 19.1 Å². The second kappa shape index (κ2) is 10.7. The van der Waals surface area contributed by atoms with E-state index in [1.807, 2.05) is 0 Å². The van der Waals surface area contributed by atoms with Crippen molar-refractivity contribution in [1.29, 1.82) is 0 Å². The molecule has 7 heteroatoms. The number of rotatable bonds is 10. The summed E-state index contributed by atoms with van der Waals surface area (Å²) in [6.07, 6.45) is 1.90. The Kier molecular flexibility index (Phi) is 8.02. The Labute approximate surface area is 179 Å². The molecule has 2 rings (SSSR count). The van der Waals surface area contributed by atoms with Gasteiger partial charge in [0.1, 0.15) is 13.2 Å². The van der Waals surface area contributed by atoms with Gasteiger partial charge >= 0.3 is 17.9 Å². The summed E-state index contributed by atoms with van der Waals surface area (Å²) in [7, 11) is 0. The number of hydrogen-bond acceptors (Lipinski definition) is 7. The van der Waals surface area contributed by atoms with Crippen molar-refractivity contribution in [3.05, 3.63) is 96.6 Å². The van der Waals surface area contributed by atoms with E-state index >= 15 is 0 Å². The molecule has 0 saturated carbocycles. The van der Waals surface area contributed by atoms with Crippen molar-refractivity contribution in [1.82, 2.24) is 0 Å². The van der Waals surface area contributed by atoms with Crippen LogP contribution in [0.4, 0.5) is 0 Å². The van der Waals surface area contributed by atoms with Gasteiger partial charge in [-0.05, 0) is 13.0 Å². The molecular formula is C24H22O7. The molecule has 160 valence electrons. The van der Waals surface area contributed by atoms with E-state index in [0.717, 1.165) is 12.2 Å². The lowest BCUT2D eigenvalue weighted by atomic mass is 9.98. The summed E-state index contributed by atoms with van der Waals surface area (Å²) in [5.74, 6) is -2.67. The van der Waals surface area contributed by atoms with Crippen LogP contribution in [0.25, 0.3) is 0 Å². The average Bonchev–Trinajstić information content (AvgIpc) is 2.81. The number of carbonyl (C=O) groups excluding carboxylic acids is 4. The van der Waals surface area contributed by atoms with Gasteiger partial charge < -0.3 is 14.2 Å². The second-order valence-corrected chi connectivity index (χ2v) is 6.70. The highest BCUT2D eigenvalue weighted by atomic mass is 16.6. The van der Waals surface area contributed by atoms with E-state index in [0.29, 0.717) is 5.56 Å². The van der Waals surface area contributed by atoms with Crippen molar-refractivity contribution >= 4 is 23.7 Å². The summed E-state index contributed by atoms with van der Waals surface area (Å²) in [5.41, 5.74) is -0.942. The minimum atomic E-state index is -1.52. The molecule has 7 nitrogen and oxygen atoms in total. The highest BCUT2D eigenvalue weighted by Gasteiger charge is 2.34. The third-order valence-electron chi connectivity index (χ3n) is 4.14. The van der Waals surface area contributed by atoms with Crippen LogP contribution in [-0.4, -0.2) is 42.5 Å². The largest absolute Gasteiger partial charge is 0.458 e. The van der Waals surface area contributed by atoms with Crippen LogP contribution < -0.4 is 0 Å². The van der Waals surface area contributed by atoms with Gasteiger partial charge in [-0.1, -0.05) is 61.7 Å². The molecule has 0 unspecified atom stereocenters. The van der Waals surface area contributed by atoms with E-state index in [1.54, 1.807) is 42.5 Å². The van der Waals surface area contributed by atoms with Gasteiger partial charge in [0.05, 0.1) is 5.56 Å². The van der Waals surface area contributed by atoms with Crippen molar-refractivity contribution < 1.29 is 33.4 Å². The minimum absolute atomic E-state index is 0.0210. The molecule has 0 saturated heterocycles. The third-order valence-corrected chi connectivity index (χ3v) is 4.14. The van der Waals surface area contributed by atoms with Gasteiger partial charge in [0.15, 0.2) is 11.4 Å².